The second-order valence-electron chi connectivity index (χ2n) is 7.71. The van der Waals surface area contributed by atoms with E-state index in [2.05, 4.69) is 25.6 Å². The first-order chi connectivity index (χ1) is 15.8. The van der Waals surface area contributed by atoms with E-state index in [4.69, 9.17) is 0 Å². The molecule has 4 rings (SSSR count). The molecule has 3 aromatic rings. The van der Waals surface area contributed by atoms with Gasteiger partial charge in [-0.15, -0.1) is 0 Å². The predicted octanol–water partition coefficient (Wildman–Crippen LogP) is 3.30. The van der Waals surface area contributed by atoms with Crippen LogP contribution in [0.2, 0.25) is 0 Å². The number of nitrogens with one attached hydrogen (secondary N) is 2. The van der Waals surface area contributed by atoms with Gasteiger partial charge in [0.25, 0.3) is 0 Å². The summed E-state index contributed by atoms with van der Waals surface area (Å²) in [6.45, 7) is 1.23. The monoisotopic (exact) mass is 460 g/mol. The molecule has 0 aliphatic carbocycles. The molecular formula is C22H23F3N6O2. The minimum Gasteiger partial charge on any atom is -0.393 e. The number of aromatic nitrogens is 3. The fourth-order valence-electron chi connectivity index (χ4n) is 3.72. The number of carbonyl (C=O) groups excluding carboxylic acids is 1. The minimum absolute atomic E-state index is 0.0274. The maximum Gasteiger partial charge on any atom is 0.416 e. The van der Waals surface area contributed by atoms with Crippen molar-refractivity contribution >= 4 is 23.0 Å². The van der Waals surface area contributed by atoms with Crippen molar-refractivity contribution in [3.05, 3.63) is 60.7 Å². The molecule has 0 atom stereocenters. The van der Waals surface area contributed by atoms with Crippen LogP contribution in [0.1, 0.15) is 18.4 Å². The van der Waals surface area contributed by atoms with Crippen molar-refractivity contribution in [2.24, 2.45) is 0 Å². The molecule has 1 fully saturated rings. The molecule has 1 aliphatic rings. The number of amides is 1. The molecule has 0 saturated carbocycles. The van der Waals surface area contributed by atoms with E-state index in [1.807, 2.05) is 24.3 Å². The number of carbonyl (C=O) groups is 1. The first kappa shape index (κ1) is 22.6. The molecule has 0 unspecified atom stereocenters. The van der Waals surface area contributed by atoms with Crippen molar-refractivity contribution in [2.75, 3.05) is 35.2 Å². The molecule has 8 nitrogen and oxygen atoms in total. The quantitative estimate of drug-likeness (QED) is 0.523. The van der Waals surface area contributed by atoms with Crippen LogP contribution in [0.5, 0.6) is 0 Å². The maximum absolute atomic E-state index is 13.2. The van der Waals surface area contributed by atoms with Gasteiger partial charge >= 0.3 is 6.18 Å². The number of alkyl halides is 3. The third-order valence-corrected chi connectivity index (χ3v) is 5.41. The number of halogens is 3. The van der Waals surface area contributed by atoms with E-state index < -0.39 is 17.6 Å². The summed E-state index contributed by atoms with van der Waals surface area (Å²) < 4.78 is 40.9. The predicted molar refractivity (Wildman–Crippen MR) is 117 cm³/mol. The summed E-state index contributed by atoms with van der Waals surface area (Å²) in [6, 6.07) is 10.5. The lowest BCUT2D eigenvalue weighted by molar-refractivity contribution is -0.137. The van der Waals surface area contributed by atoms with Gasteiger partial charge in [-0.05, 0) is 43.2 Å². The number of piperidine rings is 1. The third kappa shape index (κ3) is 5.43. The number of nitrogens with zero attached hydrogens (tertiary/aromatic N) is 4. The van der Waals surface area contributed by atoms with Gasteiger partial charge in [0, 0.05) is 13.1 Å². The first-order valence-electron chi connectivity index (χ1n) is 10.4. The zero-order chi connectivity index (χ0) is 23.4. The van der Waals surface area contributed by atoms with Gasteiger partial charge in [-0.25, -0.2) is 9.67 Å². The lowest BCUT2D eigenvalue weighted by atomic mass is 10.1. The molecule has 0 radical (unpaired) electrons. The number of anilines is 3. The average Bonchev–Trinajstić information content (AvgIpc) is 3.33. The highest BCUT2D eigenvalue weighted by molar-refractivity contribution is 5.96. The van der Waals surface area contributed by atoms with Gasteiger partial charge in [-0.1, -0.05) is 12.1 Å². The van der Waals surface area contributed by atoms with Crippen molar-refractivity contribution in [1.29, 1.82) is 0 Å². The Labute approximate surface area is 188 Å². The highest BCUT2D eigenvalue weighted by Gasteiger charge is 2.31. The zero-order valence-electron chi connectivity index (χ0n) is 17.6. The molecule has 2 heterocycles. The Morgan fingerprint density at radius 3 is 2.55 bits per heavy atom. The third-order valence-electron chi connectivity index (χ3n) is 5.41. The van der Waals surface area contributed by atoms with E-state index in [0.29, 0.717) is 25.9 Å². The Balaban J connectivity index is 1.49. The van der Waals surface area contributed by atoms with Crippen LogP contribution in [0.15, 0.2) is 55.1 Å². The Morgan fingerprint density at radius 2 is 1.85 bits per heavy atom. The largest absolute Gasteiger partial charge is 0.416 e. The zero-order valence-corrected chi connectivity index (χ0v) is 17.6. The summed E-state index contributed by atoms with van der Waals surface area (Å²) in [5.74, 6) is -0.514. The Morgan fingerprint density at radius 1 is 1.09 bits per heavy atom. The van der Waals surface area contributed by atoms with Crippen LogP contribution in [-0.2, 0) is 11.0 Å². The standard InChI is InChI=1S/C22H23F3N6O2/c23-22(24,25)15-5-6-20(31-14-26-13-28-31)18(11-15)29-21(33)12-27-17-3-1-2-4-19(17)30-9-7-16(32)8-10-30/h1-6,11,13-14,16,27,32H,7-10,12H2,(H,29,33). The van der Waals surface area contributed by atoms with Gasteiger partial charge in [-0.3, -0.25) is 4.79 Å². The summed E-state index contributed by atoms with van der Waals surface area (Å²) in [5.41, 5.74) is 0.984. The van der Waals surface area contributed by atoms with E-state index in [1.54, 1.807) is 0 Å². The van der Waals surface area contributed by atoms with E-state index in [1.165, 1.54) is 23.4 Å². The van der Waals surface area contributed by atoms with Crippen molar-refractivity contribution in [1.82, 2.24) is 14.8 Å². The number of rotatable bonds is 6. The lowest BCUT2D eigenvalue weighted by Gasteiger charge is -2.32. The van der Waals surface area contributed by atoms with Crippen molar-refractivity contribution < 1.29 is 23.1 Å². The highest BCUT2D eigenvalue weighted by atomic mass is 19.4. The SMILES string of the molecule is O=C(CNc1ccccc1N1CCC(O)CC1)Nc1cc(C(F)(F)F)ccc1-n1cncn1. The summed E-state index contributed by atoms with van der Waals surface area (Å²) in [4.78, 5) is 18.6. The molecule has 11 heteroatoms. The summed E-state index contributed by atoms with van der Waals surface area (Å²) >= 11 is 0. The van der Waals surface area contributed by atoms with Crippen LogP contribution in [0, 0.1) is 0 Å². The number of para-hydroxylation sites is 2. The van der Waals surface area contributed by atoms with Gasteiger partial charge in [0.05, 0.1) is 41.0 Å². The topological polar surface area (TPSA) is 95.3 Å². The van der Waals surface area contributed by atoms with Gasteiger partial charge in [-0.2, -0.15) is 18.3 Å². The van der Waals surface area contributed by atoms with Crippen molar-refractivity contribution in [3.8, 4) is 5.69 Å². The van der Waals surface area contributed by atoms with Gasteiger partial charge in [0.15, 0.2) is 0 Å². The second kappa shape index (κ2) is 9.49. The summed E-state index contributed by atoms with van der Waals surface area (Å²) in [6.07, 6.45) is -0.951. The van der Waals surface area contributed by atoms with Gasteiger partial charge in [0.2, 0.25) is 5.91 Å². The van der Waals surface area contributed by atoms with Crippen LogP contribution < -0.4 is 15.5 Å². The summed E-state index contributed by atoms with van der Waals surface area (Å²) in [7, 11) is 0. The average molecular weight is 460 g/mol. The molecule has 174 valence electrons. The molecular weight excluding hydrogens is 437 g/mol. The fourth-order valence-corrected chi connectivity index (χ4v) is 3.72. The molecule has 1 saturated heterocycles. The number of aliphatic hydroxyl groups excluding tert-OH is 1. The fraction of sp³-hybridized carbons (Fsp3) is 0.318. The Kier molecular flexibility index (Phi) is 6.50. The molecule has 2 aromatic carbocycles. The Hall–Kier alpha value is -3.60. The normalized spacial score (nSPS) is 14.8. The summed E-state index contributed by atoms with van der Waals surface area (Å²) in [5, 5.41) is 19.3. The van der Waals surface area contributed by atoms with Crippen LogP contribution >= 0.6 is 0 Å². The van der Waals surface area contributed by atoms with E-state index in [0.717, 1.165) is 23.5 Å². The molecule has 1 aromatic heterocycles. The van der Waals surface area contributed by atoms with E-state index >= 15 is 0 Å². The molecule has 0 spiro atoms. The maximum atomic E-state index is 13.2. The molecule has 1 amide bonds. The number of aliphatic hydroxyl groups is 1. The molecule has 1 aliphatic heterocycles. The smallest absolute Gasteiger partial charge is 0.393 e. The van der Waals surface area contributed by atoms with Gasteiger partial charge < -0.3 is 20.6 Å². The highest BCUT2D eigenvalue weighted by Crippen LogP contribution is 2.33. The van der Waals surface area contributed by atoms with E-state index in [9.17, 15) is 23.1 Å². The second-order valence-corrected chi connectivity index (χ2v) is 7.71. The van der Waals surface area contributed by atoms with Crippen LogP contribution in [0.4, 0.5) is 30.2 Å². The Bertz CT molecular complexity index is 1100. The molecule has 33 heavy (non-hydrogen) atoms. The van der Waals surface area contributed by atoms with Crippen molar-refractivity contribution in [3.63, 3.8) is 0 Å². The lowest BCUT2D eigenvalue weighted by Crippen LogP contribution is -2.36. The van der Waals surface area contributed by atoms with Crippen LogP contribution in [0.3, 0.4) is 0 Å². The van der Waals surface area contributed by atoms with Crippen LogP contribution in [0.25, 0.3) is 5.69 Å². The number of benzene rings is 2. The molecule has 3 N–H and O–H groups in total. The minimum atomic E-state index is -4.56. The molecule has 0 bridgehead atoms. The number of hydrogen-bond donors (Lipinski definition) is 3. The van der Waals surface area contributed by atoms with Crippen LogP contribution in [-0.4, -0.2) is 51.5 Å². The first-order valence-corrected chi connectivity index (χ1v) is 10.4. The van der Waals surface area contributed by atoms with E-state index in [-0.39, 0.29) is 24.0 Å². The van der Waals surface area contributed by atoms with Gasteiger partial charge in [0.1, 0.15) is 12.7 Å². The van der Waals surface area contributed by atoms with Crippen molar-refractivity contribution in [2.45, 2.75) is 25.1 Å². The number of hydrogen-bond acceptors (Lipinski definition) is 6.